The molecule has 1 saturated heterocycles. The first-order valence-electron chi connectivity index (χ1n) is 9.71. The Kier molecular flexibility index (Phi) is 16.5. The molecule has 0 unspecified atom stereocenters. The van der Waals surface area contributed by atoms with Gasteiger partial charge in [-0.3, -0.25) is 0 Å². The zero-order chi connectivity index (χ0) is 19.3. The van der Waals surface area contributed by atoms with Gasteiger partial charge in [0.2, 0.25) is 0 Å². The van der Waals surface area contributed by atoms with Gasteiger partial charge in [-0.25, -0.2) is 0 Å². The molecule has 1 heterocycles. The average molecular weight is 595 g/mol. The summed E-state index contributed by atoms with van der Waals surface area (Å²) < 4.78 is 1.02. The molecule has 5 fully saturated rings. The molecule has 4 aliphatic carbocycles. The van der Waals surface area contributed by atoms with E-state index < -0.39 is 0 Å². The molecule has 5 aliphatic rings. The van der Waals surface area contributed by atoms with Gasteiger partial charge in [-0.15, -0.1) is 0 Å². The number of fused-ring (bicyclic) bond motifs is 3. The maximum atomic E-state index is 2.35. The summed E-state index contributed by atoms with van der Waals surface area (Å²) in [5.74, 6) is 5.86. The fourth-order valence-corrected chi connectivity index (χ4v) is 3.78. The molecule has 2 atom stereocenters. The Morgan fingerprint density at radius 3 is 1.03 bits per heavy atom. The van der Waals surface area contributed by atoms with Crippen LogP contribution < -0.4 is 24.0 Å². The fraction of sp³-hybridized carbons (Fsp3) is 0.231. The topological polar surface area (TPSA) is 0 Å². The number of likely N-dealkylation sites (tertiary alicyclic amines) is 1. The van der Waals surface area contributed by atoms with Gasteiger partial charge in [0.05, 0.1) is 26.2 Å². The van der Waals surface area contributed by atoms with Gasteiger partial charge in [0, 0.05) is 23.7 Å². The van der Waals surface area contributed by atoms with Crippen LogP contribution in [0.5, 0.6) is 0 Å². The molecular weight excluding hydrogens is 565 g/mol. The largest absolute Gasteiger partial charge is 2.00 e. The van der Waals surface area contributed by atoms with Gasteiger partial charge in [-0.05, 0) is 117 Å². The van der Waals surface area contributed by atoms with Crippen molar-refractivity contribution in [2.24, 2.45) is 0 Å². The van der Waals surface area contributed by atoms with Gasteiger partial charge in [-0.1, -0.05) is 0 Å². The number of hydrogen-bond acceptors (Lipinski definition) is 0. The van der Waals surface area contributed by atoms with Crippen molar-refractivity contribution in [1.29, 1.82) is 0 Å². The van der Waals surface area contributed by atoms with E-state index in [-0.39, 0.29) is 58.1 Å². The molecule has 0 aromatic carbocycles. The first-order valence-corrected chi connectivity index (χ1v) is 9.71. The monoisotopic (exact) mass is 595 g/mol. The van der Waals surface area contributed by atoms with Crippen molar-refractivity contribution in [2.45, 2.75) is 25.9 Å². The SMILES string of the molecule is C[C@H]1[C]2[CH][CH][CH][C]2[C]2[CH][CH][CH][C]2[C@H](C)[N+]1(C)C.[CH]1[CH][CH][CH][CH]1.[CH]1[CH][CH][CH][CH]1.[Fe+2].[Fe+2].[I-]. The van der Waals surface area contributed by atoms with Crippen molar-refractivity contribution in [3.63, 3.8) is 0 Å². The molecular formula is C26H30Fe2IN+4. The smallest absolute Gasteiger partial charge is 1.00 e. The summed E-state index contributed by atoms with van der Waals surface area (Å²) in [4.78, 5) is 0. The second-order valence-electron chi connectivity index (χ2n) is 7.70. The van der Waals surface area contributed by atoms with Crippen LogP contribution in [0.2, 0.25) is 0 Å². The van der Waals surface area contributed by atoms with E-state index in [1.54, 1.807) is 0 Å². The standard InChI is InChI=1S/C16H20N.2C5H5.2Fe.HI/c1-11-13-7-5-9-15(13)16-10-6-8-14(16)12(2)17(11,3)4;2*1-2-4-5-3-1;;;/h5-12H,1-4H3;2*1-5H;;;1H/q+1;;;2*+2;/p-1/t11-,12-;;;;;/m0...../s1. The first kappa shape index (κ1) is 31.7. The Labute approximate surface area is 227 Å². The Morgan fingerprint density at radius 1 is 0.500 bits per heavy atom. The van der Waals surface area contributed by atoms with Crippen molar-refractivity contribution in [3.05, 3.63) is 126 Å². The van der Waals surface area contributed by atoms with Crippen molar-refractivity contribution in [2.75, 3.05) is 14.1 Å². The third-order valence-electron chi connectivity index (χ3n) is 6.00. The Bertz CT molecular complexity index is 370. The summed E-state index contributed by atoms with van der Waals surface area (Å²) in [6, 6.07) is 1.09. The Balaban J connectivity index is 0.000000540. The number of quaternary nitrogens is 1. The third-order valence-corrected chi connectivity index (χ3v) is 6.00. The quantitative estimate of drug-likeness (QED) is 0.226. The van der Waals surface area contributed by atoms with Crippen LogP contribution in [0.25, 0.3) is 0 Å². The molecule has 5 rings (SSSR count). The number of halogens is 1. The van der Waals surface area contributed by atoms with Crippen molar-refractivity contribution in [1.82, 2.24) is 0 Å². The van der Waals surface area contributed by atoms with Crippen LogP contribution in [-0.2, 0) is 34.1 Å². The summed E-state index contributed by atoms with van der Waals surface area (Å²) >= 11 is 0. The molecule has 4 heteroatoms. The first-order chi connectivity index (χ1) is 13.0. The molecule has 4 saturated carbocycles. The van der Waals surface area contributed by atoms with E-state index in [4.69, 9.17) is 0 Å². The molecule has 1 nitrogen and oxygen atoms in total. The van der Waals surface area contributed by atoms with E-state index in [2.05, 4.69) is 66.5 Å². The third kappa shape index (κ3) is 7.90. The van der Waals surface area contributed by atoms with Crippen LogP contribution in [0.3, 0.4) is 0 Å². The summed E-state index contributed by atoms with van der Waals surface area (Å²) in [6.45, 7) is 4.70. The summed E-state index contributed by atoms with van der Waals surface area (Å²) in [7, 11) is 4.68. The molecule has 0 aromatic rings. The van der Waals surface area contributed by atoms with Crippen LogP contribution in [0.1, 0.15) is 13.8 Å². The molecule has 20 radical (unpaired) electrons. The summed E-state index contributed by atoms with van der Waals surface area (Å²) in [6.07, 6.45) is 33.5. The number of hydrogen-bond donors (Lipinski definition) is 0. The van der Waals surface area contributed by atoms with Gasteiger partial charge in [-0.2, -0.15) is 0 Å². The average Bonchev–Trinajstić information content (AvgIpc) is 3.46. The minimum atomic E-state index is 0. The molecule has 0 spiro atoms. The molecule has 30 heavy (non-hydrogen) atoms. The van der Waals surface area contributed by atoms with E-state index in [0.717, 1.165) is 4.48 Å². The molecule has 1 aliphatic heterocycles. The van der Waals surface area contributed by atoms with Crippen LogP contribution >= 0.6 is 0 Å². The second-order valence-corrected chi connectivity index (χ2v) is 7.70. The van der Waals surface area contributed by atoms with Crippen molar-refractivity contribution >= 4 is 0 Å². The normalized spacial score (nSPS) is 30.8. The van der Waals surface area contributed by atoms with Gasteiger partial charge < -0.3 is 28.5 Å². The molecule has 0 N–H and O–H groups in total. The van der Waals surface area contributed by atoms with Gasteiger partial charge in [0.25, 0.3) is 0 Å². The molecule has 0 bridgehead atoms. The fourth-order valence-electron chi connectivity index (χ4n) is 3.78. The van der Waals surface area contributed by atoms with Crippen LogP contribution in [-0.4, -0.2) is 30.7 Å². The molecule has 0 aromatic heterocycles. The maximum Gasteiger partial charge on any atom is 2.00 e. The summed E-state index contributed by atoms with van der Waals surface area (Å²) in [5.41, 5.74) is 0. The van der Waals surface area contributed by atoms with E-state index in [1.165, 1.54) is 23.7 Å². The van der Waals surface area contributed by atoms with Gasteiger partial charge in [0.1, 0.15) is 0 Å². The van der Waals surface area contributed by atoms with Gasteiger partial charge in [0.15, 0.2) is 0 Å². The Morgan fingerprint density at radius 2 is 0.767 bits per heavy atom. The number of rotatable bonds is 0. The van der Waals surface area contributed by atoms with E-state index in [9.17, 15) is 0 Å². The van der Waals surface area contributed by atoms with E-state index >= 15 is 0 Å². The van der Waals surface area contributed by atoms with E-state index in [0.29, 0.717) is 12.1 Å². The second kappa shape index (κ2) is 15.6. The van der Waals surface area contributed by atoms with Crippen LogP contribution in [0.15, 0.2) is 0 Å². The Hall–Kier alpha value is 1.73. The summed E-state index contributed by atoms with van der Waals surface area (Å²) in [5, 5.41) is 0. The van der Waals surface area contributed by atoms with Crippen LogP contribution in [0.4, 0.5) is 0 Å². The minimum Gasteiger partial charge on any atom is -1.00 e. The molecule has 158 valence electrons. The predicted molar refractivity (Wildman–Crippen MR) is 113 cm³/mol. The zero-order valence-electron chi connectivity index (χ0n) is 17.9. The van der Waals surface area contributed by atoms with E-state index in [1.807, 2.05) is 64.2 Å². The zero-order valence-corrected chi connectivity index (χ0v) is 22.3. The van der Waals surface area contributed by atoms with Crippen molar-refractivity contribution in [3.8, 4) is 0 Å². The minimum absolute atomic E-state index is 0. The maximum absolute atomic E-state index is 2.35. The van der Waals surface area contributed by atoms with Gasteiger partial charge >= 0.3 is 34.1 Å². The van der Waals surface area contributed by atoms with Crippen LogP contribution in [0, 0.1) is 126 Å². The predicted octanol–water partition coefficient (Wildman–Crippen LogP) is 1.45. The molecule has 0 amide bonds. The number of nitrogens with zero attached hydrogens (tertiary/aromatic N) is 1. The van der Waals surface area contributed by atoms with Crippen molar-refractivity contribution < 1.29 is 62.6 Å².